The highest BCUT2D eigenvalue weighted by molar-refractivity contribution is 5.33. The van der Waals surface area contributed by atoms with E-state index in [-0.39, 0.29) is 6.61 Å². The Morgan fingerprint density at radius 2 is 1.95 bits per heavy atom. The minimum atomic E-state index is 0.261. The Hall–Kier alpha value is -1.06. The van der Waals surface area contributed by atoms with Crippen LogP contribution in [0.2, 0.25) is 0 Å². The summed E-state index contributed by atoms with van der Waals surface area (Å²) >= 11 is 0. The molecule has 0 fully saturated rings. The van der Waals surface area contributed by atoms with E-state index < -0.39 is 0 Å². The maximum atomic E-state index is 9.37. The molecule has 108 valence electrons. The van der Waals surface area contributed by atoms with Gasteiger partial charge in [0.1, 0.15) is 5.75 Å². The average Bonchev–Trinajstić information content (AvgIpc) is 2.42. The Kier molecular flexibility index (Phi) is 6.89. The average molecular weight is 265 g/mol. The summed E-state index contributed by atoms with van der Waals surface area (Å²) in [7, 11) is 3.82. The second-order valence-corrected chi connectivity index (χ2v) is 5.51. The number of nitrogens with zero attached hydrogens (tertiary/aromatic N) is 1. The van der Waals surface area contributed by atoms with Gasteiger partial charge in [0, 0.05) is 19.7 Å². The molecule has 1 atom stereocenters. The Bertz CT molecular complexity index is 366. The third-order valence-corrected chi connectivity index (χ3v) is 3.68. The minimum Gasteiger partial charge on any atom is -0.496 e. The highest BCUT2D eigenvalue weighted by Crippen LogP contribution is 2.18. The highest BCUT2D eigenvalue weighted by atomic mass is 16.5. The van der Waals surface area contributed by atoms with Crippen molar-refractivity contribution in [3.8, 4) is 5.75 Å². The molecule has 0 heterocycles. The summed E-state index contributed by atoms with van der Waals surface area (Å²) < 4.78 is 5.36. The molecule has 0 aromatic heterocycles. The number of aliphatic hydroxyl groups is 1. The lowest BCUT2D eigenvalue weighted by molar-refractivity contribution is 0.147. The number of aliphatic hydroxyl groups excluding tert-OH is 1. The molecule has 1 N–H and O–H groups in total. The van der Waals surface area contributed by atoms with Crippen molar-refractivity contribution in [3.05, 3.63) is 29.8 Å². The molecule has 19 heavy (non-hydrogen) atoms. The van der Waals surface area contributed by atoms with Gasteiger partial charge in [-0.15, -0.1) is 0 Å². The van der Waals surface area contributed by atoms with Crippen LogP contribution in [0.5, 0.6) is 5.75 Å². The molecular formula is C16H27NO2. The van der Waals surface area contributed by atoms with E-state index in [1.807, 2.05) is 18.2 Å². The van der Waals surface area contributed by atoms with Gasteiger partial charge in [0.15, 0.2) is 0 Å². The summed E-state index contributed by atoms with van der Waals surface area (Å²) in [5.41, 5.74) is 1.24. The van der Waals surface area contributed by atoms with Crippen molar-refractivity contribution < 1.29 is 9.84 Å². The minimum absolute atomic E-state index is 0.261. The van der Waals surface area contributed by atoms with Crippen LogP contribution >= 0.6 is 0 Å². The first-order valence-corrected chi connectivity index (χ1v) is 6.99. The van der Waals surface area contributed by atoms with E-state index in [2.05, 4.69) is 31.9 Å². The van der Waals surface area contributed by atoms with Crippen molar-refractivity contribution in [2.75, 3.05) is 33.9 Å². The highest BCUT2D eigenvalue weighted by Gasteiger charge is 2.14. The molecule has 0 spiro atoms. The second kappa shape index (κ2) is 8.18. The van der Waals surface area contributed by atoms with Crippen LogP contribution in [-0.4, -0.2) is 43.9 Å². The maximum absolute atomic E-state index is 9.37. The van der Waals surface area contributed by atoms with Crippen molar-refractivity contribution in [2.24, 2.45) is 11.8 Å². The zero-order valence-electron chi connectivity index (χ0n) is 12.6. The molecule has 1 aromatic rings. The first-order valence-electron chi connectivity index (χ1n) is 6.99. The number of hydrogen-bond acceptors (Lipinski definition) is 3. The van der Waals surface area contributed by atoms with E-state index in [1.54, 1.807) is 7.11 Å². The van der Waals surface area contributed by atoms with E-state index in [0.717, 1.165) is 25.3 Å². The van der Waals surface area contributed by atoms with E-state index in [1.165, 1.54) is 5.56 Å². The largest absolute Gasteiger partial charge is 0.496 e. The summed E-state index contributed by atoms with van der Waals surface area (Å²) in [4.78, 5) is 2.29. The predicted molar refractivity (Wildman–Crippen MR) is 79.6 cm³/mol. The van der Waals surface area contributed by atoms with Crippen LogP contribution in [0.4, 0.5) is 0 Å². The first kappa shape index (κ1) is 16.0. The van der Waals surface area contributed by atoms with Crippen LogP contribution in [0.15, 0.2) is 24.3 Å². The topological polar surface area (TPSA) is 32.7 Å². The third kappa shape index (κ3) is 5.21. The number of benzene rings is 1. The Balaban J connectivity index is 2.47. The number of ether oxygens (including phenoxy) is 1. The normalized spacial score (nSPS) is 13.0. The fraction of sp³-hybridized carbons (Fsp3) is 0.625. The summed E-state index contributed by atoms with van der Waals surface area (Å²) in [5.74, 6) is 1.82. The molecule has 1 unspecified atom stereocenters. The van der Waals surface area contributed by atoms with E-state index >= 15 is 0 Å². The van der Waals surface area contributed by atoms with Crippen molar-refractivity contribution in [3.63, 3.8) is 0 Å². The standard InChI is InChI=1S/C16H27NO2/c1-13(2)15(12-18)11-17(3)10-9-14-7-5-6-8-16(14)19-4/h5-8,13,15,18H,9-12H2,1-4H3. The van der Waals surface area contributed by atoms with Crippen LogP contribution in [-0.2, 0) is 6.42 Å². The van der Waals surface area contributed by atoms with Crippen LogP contribution in [0.1, 0.15) is 19.4 Å². The van der Waals surface area contributed by atoms with Gasteiger partial charge in [-0.2, -0.15) is 0 Å². The molecule has 1 aromatic carbocycles. The lowest BCUT2D eigenvalue weighted by Crippen LogP contribution is -2.32. The molecule has 0 saturated carbocycles. The van der Waals surface area contributed by atoms with Crippen LogP contribution < -0.4 is 4.74 Å². The quantitative estimate of drug-likeness (QED) is 0.783. The summed E-state index contributed by atoms with van der Waals surface area (Å²) in [5, 5.41) is 9.37. The van der Waals surface area contributed by atoms with Crippen molar-refractivity contribution >= 4 is 0 Å². The fourth-order valence-electron chi connectivity index (χ4n) is 2.19. The molecule has 3 nitrogen and oxygen atoms in total. The summed E-state index contributed by atoms with van der Waals surface area (Å²) in [6.07, 6.45) is 0.969. The molecule has 0 amide bonds. The van der Waals surface area contributed by atoms with Crippen LogP contribution in [0.3, 0.4) is 0 Å². The molecule has 0 aliphatic rings. The summed E-state index contributed by atoms with van der Waals surface area (Å²) in [6.45, 7) is 6.49. The number of methoxy groups -OCH3 is 1. The van der Waals surface area contributed by atoms with Gasteiger partial charge in [0.2, 0.25) is 0 Å². The molecule has 0 aliphatic heterocycles. The van der Waals surface area contributed by atoms with Gasteiger partial charge in [0.05, 0.1) is 7.11 Å². The first-order chi connectivity index (χ1) is 9.08. The van der Waals surface area contributed by atoms with Gasteiger partial charge in [-0.1, -0.05) is 32.0 Å². The smallest absolute Gasteiger partial charge is 0.122 e. The number of hydrogen-bond donors (Lipinski definition) is 1. The van der Waals surface area contributed by atoms with E-state index in [4.69, 9.17) is 4.74 Å². The Labute approximate surface area is 117 Å². The SMILES string of the molecule is COc1ccccc1CCN(C)CC(CO)C(C)C. The van der Waals surface area contributed by atoms with Gasteiger partial charge < -0.3 is 14.7 Å². The van der Waals surface area contributed by atoms with Crippen molar-refractivity contribution in [1.29, 1.82) is 0 Å². The fourth-order valence-corrected chi connectivity index (χ4v) is 2.19. The molecule has 0 saturated heterocycles. The van der Waals surface area contributed by atoms with Crippen LogP contribution in [0.25, 0.3) is 0 Å². The lowest BCUT2D eigenvalue weighted by Gasteiger charge is -2.25. The lowest BCUT2D eigenvalue weighted by atomic mass is 9.96. The van der Waals surface area contributed by atoms with Gasteiger partial charge in [-0.25, -0.2) is 0 Å². The molecule has 1 rings (SSSR count). The Morgan fingerprint density at radius 3 is 2.53 bits per heavy atom. The second-order valence-electron chi connectivity index (χ2n) is 5.51. The van der Waals surface area contributed by atoms with Crippen molar-refractivity contribution in [2.45, 2.75) is 20.3 Å². The molecule has 0 bridgehead atoms. The van der Waals surface area contributed by atoms with Crippen LogP contribution in [0, 0.1) is 11.8 Å². The molecule has 0 radical (unpaired) electrons. The van der Waals surface area contributed by atoms with Gasteiger partial charge in [0.25, 0.3) is 0 Å². The predicted octanol–water partition coefficient (Wildman–Crippen LogP) is 2.43. The zero-order valence-corrected chi connectivity index (χ0v) is 12.6. The molecule has 3 heteroatoms. The number of rotatable bonds is 8. The van der Waals surface area contributed by atoms with Gasteiger partial charge >= 0.3 is 0 Å². The maximum Gasteiger partial charge on any atom is 0.122 e. The van der Waals surface area contributed by atoms with E-state index in [0.29, 0.717) is 11.8 Å². The van der Waals surface area contributed by atoms with Crippen molar-refractivity contribution in [1.82, 2.24) is 4.90 Å². The van der Waals surface area contributed by atoms with E-state index in [9.17, 15) is 5.11 Å². The third-order valence-electron chi connectivity index (χ3n) is 3.68. The van der Waals surface area contributed by atoms with Gasteiger partial charge in [-0.05, 0) is 36.9 Å². The number of likely N-dealkylation sites (N-methyl/N-ethyl adjacent to an activating group) is 1. The zero-order chi connectivity index (χ0) is 14.3. The summed E-state index contributed by atoms with van der Waals surface area (Å²) in [6, 6.07) is 8.15. The van der Waals surface area contributed by atoms with Gasteiger partial charge in [-0.3, -0.25) is 0 Å². The molecule has 0 aliphatic carbocycles. The molecular weight excluding hydrogens is 238 g/mol. The number of para-hydroxylation sites is 1. The monoisotopic (exact) mass is 265 g/mol. The Morgan fingerprint density at radius 1 is 1.26 bits per heavy atom.